The van der Waals surface area contributed by atoms with Crippen LogP contribution in [0.1, 0.15) is 41.1 Å². The maximum absolute atomic E-state index is 13.2. The van der Waals surface area contributed by atoms with Crippen LogP contribution in [0.2, 0.25) is 0 Å². The molecule has 5 heteroatoms. The second-order valence-corrected chi connectivity index (χ2v) is 9.60. The molecule has 0 unspecified atom stereocenters. The van der Waals surface area contributed by atoms with Crippen molar-refractivity contribution in [2.45, 2.75) is 37.6 Å². The lowest BCUT2D eigenvalue weighted by molar-refractivity contribution is -0.131. The highest BCUT2D eigenvalue weighted by atomic mass is 16.2. The standard InChI is InChI=1S/C30H27N3O2/c34-27(19-21-8-7-11-23(18-21)22-9-3-1-4-10-22)33-17-14-26-25(20-33)28(35)32-29(31-26)30(15-16-30)24-12-5-2-6-13-24/h1-13,18H,14-17,19-20H2,(H,31,32,35). The summed E-state index contributed by atoms with van der Waals surface area (Å²) in [5, 5.41) is 0. The van der Waals surface area contributed by atoms with E-state index < -0.39 is 0 Å². The number of carbonyl (C=O) groups excluding carboxylic acids is 1. The predicted octanol–water partition coefficient (Wildman–Crippen LogP) is 4.64. The van der Waals surface area contributed by atoms with Crippen molar-refractivity contribution in [1.82, 2.24) is 14.9 Å². The molecule has 4 aromatic rings. The van der Waals surface area contributed by atoms with E-state index in [0.717, 1.165) is 41.1 Å². The Morgan fingerprint density at radius 1 is 0.914 bits per heavy atom. The molecule has 1 fully saturated rings. The van der Waals surface area contributed by atoms with Crippen molar-refractivity contribution in [2.75, 3.05) is 6.54 Å². The largest absolute Gasteiger partial charge is 0.337 e. The summed E-state index contributed by atoms with van der Waals surface area (Å²) in [6, 6.07) is 28.6. The molecule has 174 valence electrons. The fourth-order valence-corrected chi connectivity index (χ4v) is 5.19. The van der Waals surface area contributed by atoms with Gasteiger partial charge in [0.05, 0.1) is 29.6 Å². The molecule has 1 aliphatic heterocycles. The number of nitrogens with zero attached hydrogens (tertiary/aromatic N) is 2. The summed E-state index contributed by atoms with van der Waals surface area (Å²) in [4.78, 5) is 36.0. The van der Waals surface area contributed by atoms with Gasteiger partial charge in [-0.2, -0.15) is 0 Å². The molecule has 35 heavy (non-hydrogen) atoms. The van der Waals surface area contributed by atoms with E-state index in [9.17, 15) is 9.59 Å². The van der Waals surface area contributed by atoms with Gasteiger partial charge in [-0.05, 0) is 35.1 Å². The zero-order valence-electron chi connectivity index (χ0n) is 19.5. The van der Waals surface area contributed by atoms with E-state index in [1.165, 1.54) is 5.56 Å². The van der Waals surface area contributed by atoms with Crippen LogP contribution in [0, 0.1) is 0 Å². The van der Waals surface area contributed by atoms with Crippen molar-refractivity contribution < 1.29 is 4.79 Å². The van der Waals surface area contributed by atoms with E-state index in [1.54, 1.807) is 4.90 Å². The first-order chi connectivity index (χ1) is 17.1. The fraction of sp³-hybridized carbons (Fsp3) is 0.233. The van der Waals surface area contributed by atoms with Gasteiger partial charge < -0.3 is 9.88 Å². The lowest BCUT2D eigenvalue weighted by Crippen LogP contribution is -2.41. The van der Waals surface area contributed by atoms with Gasteiger partial charge in [-0.15, -0.1) is 0 Å². The normalized spacial score (nSPS) is 15.9. The molecule has 3 aromatic carbocycles. The molecular weight excluding hydrogens is 434 g/mol. The maximum Gasteiger partial charge on any atom is 0.256 e. The number of aromatic nitrogens is 2. The monoisotopic (exact) mass is 461 g/mol. The molecule has 1 N–H and O–H groups in total. The minimum absolute atomic E-state index is 0.0345. The highest BCUT2D eigenvalue weighted by Gasteiger charge is 2.48. The van der Waals surface area contributed by atoms with Gasteiger partial charge >= 0.3 is 0 Å². The third kappa shape index (κ3) is 4.08. The number of benzene rings is 3. The second-order valence-electron chi connectivity index (χ2n) is 9.60. The van der Waals surface area contributed by atoms with Crippen LogP contribution in [0.4, 0.5) is 0 Å². The smallest absolute Gasteiger partial charge is 0.256 e. The molecule has 1 aliphatic carbocycles. The summed E-state index contributed by atoms with van der Waals surface area (Å²) in [5.74, 6) is 0.803. The third-order valence-corrected chi connectivity index (χ3v) is 7.34. The minimum Gasteiger partial charge on any atom is -0.337 e. The molecule has 0 spiro atoms. The summed E-state index contributed by atoms with van der Waals surface area (Å²) in [7, 11) is 0. The molecule has 0 radical (unpaired) electrons. The Labute approximate surface area is 204 Å². The third-order valence-electron chi connectivity index (χ3n) is 7.34. The van der Waals surface area contributed by atoms with Gasteiger partial charge in [-0.1, -0.05) is 84.9 Å². The number of fused-ring (bicyclic) bond motifs is 1. The number of hydrogen-bond acceptors (Lipinski definition) is 3. The number of rotatable bonds is 5. The van der Waals surface area contributed by atoms with Crippen LogP contribution in [0.5, 0.6) is 0 Å². The van der Waals surface area contributed by atoms with Gasteiger partial charge in [0.2, 0.25) is 5.91 Å². The summed E-state index contributed by atoms with van der Waals surface area (Å²) in [6.07, 6.45) is 2.90. The Morgan fingerprint density at radius 3 is 2.37 bits per heavy atom. The Morgan fingerprint density at radius 2 is 1.63 bits per heavy atom. The number of amides is 1. The van der Waals surface area contributed by atoms with Gasteiger partial charge in [0.25, 0.3) is 5.56 Å². The number of nitrogens with one attached hydrogen (secondary N) is 1. The van der Waals surface area contributed by atoms with Crippen molar-refractivity contribution in [3.8, 4) is 11.1 Å². The maximum atomic E-state index is 13.2. The van der Waals surface area contributed by atoms with E-state index in [-0.39, 0.29) is 16.9 Å². The van der Waals surface area contributed by atoms with E-state index in [0.29, 0.717) is 31.5 Å². The molecule has 1 saturated carbocycles. The van der Waals surface area contributed by atoms with Crippen LogP contribution in [-0.2, 0) is 29.6 Å². The number of hydrogen-bond donors (Lipinski definition) is 1. The Balaban J connectivity index is 1.20. The van der Waals surface area contributed by atoms with Crippen LogP contribution in [0.25, 0.3) is 11.1 Å². The van der Waals surface area contributed by atoms with E-state index in [1.807, 2.05) is 48.5 Å². The molecule has 5 nitrogen and oxygen atoms in total. The van der Waals surface area contributed by atoms with Gasteiger partial charge in [0.15, 0.2) is 0 Å². The van der Waals surface area contributed by atoms with Gasteiger partial charge in [-0.3, -0.25) is 9.59 Å². The van der Waals surface area contributed by atoms with Crippen molar-refractivity contribution in [3.63, 3.8) is 0 Å². The molecule has 0 bridgehead atoms. The first-order valence-electron chi connectivity index (χ1n) is 12.2. The van der Waals surface area contributed by atoms with Crippen molar-refractivity contribution in [3.05, 3.63) is 123 Å². The fourth-order valence-electron chi connectivity index (χ4n) is 5.19. The number of aromatic amines is 1. The number of H-pyrrole nitrogens is 1. The molecular formula is C30H27N3O2. The zero-order valence-corrected chi connectivity index (χ0v) is 19.5. The average molecular weight is 462 g/mol. The zero-order chi connectivity index (χ0) is 23.8. The minimum atomic E-state index is -0.174. The average Bonchev–Trinajstić information content (AvgIpc) is 3.72. The molecule has 1 aromatic heterocycles. The van der Waals surface area contributed by atoms with E-state index >= 15 is 0 Å². The Hall–Kier alpha value is -3.99. The van der Waals surface area contributed by atoms with Crippen molar-refractivity contribution in [2.24, 2.45) is 0 Å². The summed E-state index contributed by atoms with van der Waals surface area (Å²) < 4.78 is 0. The van der Waals surface area contributed by atoms with Crippen LogP contribution in [0.3, 0.4) is 0 Å². The Bertz CT molecular complexity index is 1440. The first-order valence-corrected chi connectivity index (χ1v) is 12.2. The van der Waals surface area contributed by atoms with Gasteiger partial charge in [0, 0.05) is 13.0 Å². The molecule has 1 amide bonds. The van der Waals surface area contributed by atoms with Crippen LogP contribution in [0.15, 0.2) is 89.7 Å². The van der Waals surface area contributed by atoms with Crippen LogP contribution >= 0.6 is 0 Å². The summed E-state index contributed by atoms with van der Waals surface area (Å²) in [5.41, 5.74) is 5.57. The predicted molar refractivity (Wildman–Crippen MR) is 136 cm³/mol. The Kier molecular flexibility index (Phi) is 5.33. The summed E-state index contributed by atoms with van der Waals surface area (Å²) >= 11 is 0. The topological polar surface area (TPSA) is 66.1 Å². The quantitative estimate of drug-likeness (QED) is 0.471. The SMILES string of the molecule is O=C(Cc1cccc(-c2ccccc2)c1)N1CCc2nc(C3(c4ccccc4)CC3)[nH]c(=O)c2C1. The molecule has 0 atom stereocenters. The second kappa shape index (κ2) is 8.66. The van der Waals surface area contributed by atoms with Crippen LogP contribution in [-0.4, -0.2) is 27.3 Å². The van der Waals surface area contributed by atoms with E-state index in [4.69, 9.17) is 4.98 Å². The molecule has 6 rings (SSSR count). The molecule has 0 saturated heterocycles. The molecule has 2 heterocycles. The van der Waals surface area contributed by atoms with Gasteiger partial charge in [0.1, 0.15) is 5.82 Å². The lowest BCUT2D eigenvalue weighted by atomic mass is 9.94. The number of carbonyl (C=O) groups is 1. The highest BCUT2D eigenvalue weighted by molar-refractivity contribution is 5.79. The highest BCUT2D eigenvalue weighted by Crippen LogP contribution is 2.51. The molecule has 2 aliphatic rings. The van der Waals surface area contributed by atoms with Crippen LogP contribution < -0.4 is 5.56 Å². The van der Waals surface area contributed by atoms with Crippen molar-refractivity contribution in [1.29, 1.82) is 0 Å². The first kappa shape index (κ1) is 21.5. The van der Waals surface area contributed by atoms with Gasteiger partial charge in [-0.25, -0.2) is 4.98 Å². The lowest BCUT2D eigenvalue weighted by Gasteiger charge is -2.28. The summed E-state index contributed by atoms with van der Waals surface area (Å²) in [6.45, 7) is 0.895. The van der Waals surface area contributed by atoms with Crippen molar-refractivity contribution >= 4 is 5.91 Å². The van der Waals surface area contributed by atoms with E-state index in [2.05, 4.69) is 41.4 Å².